The van der Waals surface area contributed by atoms with Crippen molar-refractivity contribution in [2.75, 3.05) is 19.0 Å². The van der Waals surface area contributed by atoms with Crippen molar-refractivity contribution in [3.63, 3.8) is 0 Å². The Morgan fingerprint density at radius 1 is 0.872 bits per heavy atom. The number of fused-ring (bicyclic) bond motifs is 1. The molecule has 39 heavy (non-hydrogen) atoms. The van der Waals surface area contributed by atoms with Gasteiger partial charge in [0.15, 0.2) is 0 Å². The number of ether oxygens (including phenoxy) is 1. The summed E-state index contributed by atoms with van der Waals surface area (Å²) in [5, 5.41) is 3.03. The van der Waals surface area contributed by atoms with Crippen LogP contribution in [0.3, 0.4) is 0 Å². The fraction of sp³-hybridized carbons (Fsp3) is 0.152. The number of nitrogens with zero attached hydrogens (tertiary/aromatic N) is 3. The lowest BCUT2D eigenvalue weighted by atomic mass is 9.99. The molecule has 2 heterocycles. The maximum Gasteiger partial charge on any atom is 0.257 e. The van der Waals surface area contributed by atoms with E-state index >= 15 is 0 Å². The number of anilines is 1. The van der Waals surface area contributed by atoms with Crippen LogP contribution in [-0.4, -0.2) is 34.0 Å². The number of nitrogens with one attached hydrogen (secondary N) is 1. The molecule has 1 amide bonds. The quantitative estimate of drug-likeness (QED) is 0.275. The normalized spacial score (nSPS) is 13.1. The molecule has 0 spiro atoms. The van der Waals surface area contributed by atoms with Crippen LogP contribution in [0.1, 0.15) is 27.0 Å². The monoisotopic (exact) mass is 514 g/mol. The number of para-hydroxylation sites is 2. The van der Waals surface area contributed by atoms with E-state index in [9.17, 15) is 4.79 Å². The second-order valence-electron chi connectivity index (χ2n) is 9.74. The van der Waals surface area contributed by atoms with E-state index in [0.717, 1.165) is 43.0 Å². The highest BCUT2D eigenvalue weighted by Crippen LogP contribution is 2.29. The minimum absolute atomic E-state index is 0.213. The third-order valence-electron chi connectivity index (χ3n) is 7.18. The first-order valence-corrected chi connectivity index (χ1v) is 13.2. The van der Waals surface area contributed by atoms with Gasteiger partial charge < -0.3 is 4.74 Å². The minimum Gasteiger partial charge on any atom is -0.495 e. The van der Waals surface area contributed by atoms with E-state index in [1.807, 2.05) is 89.6 Å². The zero-order chi connectivity index (χ0) is 26.6. The highest BCUT2D eigenvalue weighted by atomic mass is 16.5. The van der Waals surface area contributed by atoms with Crippen LogP contribution in [0.2, 0.25) is 0 Å². The van der Waals surface area contributed by atoms with E-state index in [-0.39, 0.29) is 5.91 Å². The highest BCUT2D eigenvalue weighted by Gasteiger charge is 2.18. The summed E-state index contributed by atoms with van der Waals surface area (Å²) in [5.41, 5.74) is 7.14. The van der Waals surface area contributed by atoms with Crippen LogP contribution in [-0.2, 0) is 19.5 Å². The summed E-state index contributed by atoms with van der Waals surface area (Å²) in [7, 11) is 1.64. The van der Waals surface area contributed by atoms with Gasteiger partial charge in [0.1, 0.15) is 5.75 Å². The maximum absolute atomic E-state index is 13.3. The second-order valence-corrected chi connectivity index (χ2v) is 9.74. The first kappa shape index (κ1) is 24.6. The lowest BCUT2D eigenvalue weighted by Gasteiger charge is -2.28. The summed E-state index contributed by atoms with van der Waals surface area (Å²) in [5.74, 6) is 0.906. The van der Waals surface area contributed by atoms with E-state index in [0.29, 0.717) is 17.3 Å². The number of carbonyl (C=O) groups excluding carboxylic acids is 1. The van der Waals surface area contributed by atoms with E-state index in [2.05, 4.69) is 34.5 Å². The lowest BCUT2D eigenvalue weighted by Crippen LogP contribution is -2.29. The van der Waals surface area contributed by atoms with Crippen molar-refractivity contribution in [2.24, 2.45) is 0 Å². The number of methoxy groups -OCH3 is 1. The van der Waals surface area contributed by atoms with Crippen molar-refractivity contribution >= 4 is 11.9 Å². The molecule has 5 aromatic rings. The van der Waals surface area contributed by atoms with Crippen molar-refractivity contribution in [3.8, 4) is 22.7 Å². The molecule has 1 N–H and O–H groups in total. The fourth-order valence-electron chi connectivity index (χ4n) is 5.11. The Hall–Kier alpha value is -4.68. The van der Waals surface area contributed by atoms with E-state index in [4.69, 9.17) is 9.72 Å². The van der Waals surface area contributed by atoms with Crippen LogP contribution < -0.4 is 10.1 Å². The second kappa shape index (κ2) is 11.0. The molecule has 1 aliphatic heterocycles. The van der Waals surface area contributed by atoms with Gasteiger partial charge in [0.2, 0.25) is 5.95 Å². The van der Waals surface area contributed by atoms with E-state index in [1.54, 1.807) is 7.11 Å². The molecule has 6 nitrogen and oxygen atoms in total. The Morgan fingerprint density at radius 3 is 2.38 bits per heavy atom. The first-order chi connectivity index (χ1) is 19.2. The van der Waals surface area contributed by atoms with Crippen LogP contribution in [0.15, 0.2) is 109 Å². The van der Waals surface area contributed by atoms with Gasteiger partial charge in [-0.25, -0.2) is 4.98 Å². The zero-order valence-corrected chi connectivity index (χ0v) is 21.9. The van der Waals surface area contributed by atoms with Gasteiger partial charge in [0.05, 0.1) is 18.5 Å². The van der Waals surface area contributed by atoms with E-state index < -0.39 is 0 Å². The zero-order valence-electron chi connectivity index (χ0n) is 21.9. The van der Waals surface area contributed by atoms with Crippen LogP contribution in [0.25, 0.3) is 16.9 Å². The van der Waals surface area contributed by atoms with Crippen LogP contribution in [0.4, 0.5) is 5.95 Å². The number of carbonyl (C=O) groups is 1. The van der Waals surface area contributed by atoms with Crippen molar-refractivity contribution in [1.82, 2.24) is 14.5 Å². The average molecular weight is 515 g/mol. The van der Waals surface area contributed by atoms with Crippen LogP contribution >= 0.6 is 0 Å². The summed E-state index contributed by atoms with van der Waals surface area (Å²) >= 11 is 0. The molecular formula is C33H30N4O2. The summed E-state index contributed by atoms with van der Waals surface area (Å²) in [6, 6.07) is 34.1. The van der Waals surface area contributed by atoms with E-state index in [1.165, 1.54) is 16.7 Å². The Balaban J connectivity index is 1.21. The van der Waals surface area contributed by atoms with Crippen molar-refractivity contribution < 1.29 is 9.53 Å². The molecule has 0 aliphatic carbocycles. The smallest absolute Gasteiger partial charge is 0.257 e. The van der Waals surface area contributed by atoms with Crippen molar-refractivity contribution in [3.05, 3.63) is 132 Å². The lowest BCUT2D eigenvalue weighted by molar-refractivity contribution is 0.102. The standard InChI is InChI=1S/C33H30N4O2/c1-39-31-14-8-7-13-30(31)37-23-29(26-10-3-2-4-11-26)34-33(37)35-32(38)27-17-15-24(16-18-27)21-36-20-19-25-9-5-6-12-28(25)22-36/h2-18,23H,19-22H2,1H3,(H,34,35,38). The molecule has 0 saturated heterocycles. The number of benzene rings is 4. The number of rotatable bonds is 7. The van der Waals surface area contributed by atoms with Gasteiger partial charge in [-0.3, -0.25) is 19.6 Å². The molecule has 0 unspecified atom stereocenters. The summed E-state index contributed by atoms with van der Waals surface area (Å²) in [4.78, 5) is 20.6. The number of hydrogen-bond donors (Lipinski definition) is 1. The largest absolute Gasteiger partial charge is 0.495 e. The molecule has 1 aliphatic rings. The molecule has 6 heteroatoms. The predicted octanol–water partition coefficient (Wildman–Crippen LogP) is 6.36. The molecule has 4 aromatic carbocycles. The SMILES string of the molecule is COc1ccccc1-n1cc(-c2ccccc2)nc1NC(=O)c1ccc(CN2CCc3ccccc3C2)cc1. The van der Waals surface area contributed by atoms with Crippen molar-refractivity contribution in [1.29, 1.82) is 0 Å². The Bertz CT molecular complexity index is 1590. The molecule has 194 valence electrons. The minimum atomic E-state index is -0.213. The molecular weight excluding hydrogens is 484 g/mol. The third-order valence-corrected chi connectivity index (χ3v) is 7.18. The molecule has 0 fully saturated rings. The Morgan fingerprint density at radius 2 is 1.59 bits per heavy atom. The predicted molar refractivity (Wildman–Crippen MR) is 154 cm³/mol. The van der Waals surface area contributed by atoms with Crippen molar-refractivity contribution in [2.45, 2.75) is 19.5 Å². The van der Waals surface area contributed by atoms with Crippen LogP contribution in [0.5, 0.6) is 5.75 Å². The average Bonchev–Trinajstić information content (AvgIpc) is 3.41. The number of hydrogen-bond acceptors (Lipinski definition) is 4. The molecule has 0 radical (unpaired) electrons. The van der Waals surface area contributed by atoms with Gasteiger partial charge in [-0.15, -0.1) is 0 Å². The summed E-state index contributed by atoms with van der Waals surface area (Å²) in [6.45, 7) is 2.84. The molecule has 6 rings (SSSR count). The Labute approximate surface area is 228 Å². The molecule has 1 aromatic heterocycles. The first-order valence-electron chi connectivity index (χ1n) is 13.2. The topological polar surface area (TPSA) is 59.4 Å². The summed E-state index contributed by atoms with van der Waals surface area (Å²) < 4.78 is 7.45. The third kappa shape index (κ3) is 5.33. The van der Waals surface area contributed by atoms with Crippen LogP contribution in [0, 0.1) is 0 Å². The maximum atomic E-state index is 13.3. The van der Waals surface area contributed by atoms with Gasteiger partial charge in [0, 0.05) is 37.0 Å². The summed E-state index contributed by atoms with van der Waals surface area (Å²) in [6.07, 6.45) is 2.99. The molecule has 0 atom stereocenters. The molecule has 0 saturated carbocycles. The number of aromatic nitrogens is 2. The van der Waals surface area contributed by atoms with Gasteiger partial charge in [-0.05, 0) is 47.4 Å². The number of imidazole rings is 1. The Kier molecular flexibility index (Phi) is 6.93. The van der Waals surface area contributed by atoms with Gasteiger partial charge in [0.25, 0.3) is 5.91 Å². The van der Waals surface area contributed by atoms with Gasteiger partial charge >= 0.3 is 0 Å². The van der Waals surface area contributed by atoms with Gasteiger partial charge in [-0.2, -0.15) is 0 Å². The van der Waals surface area contributed by atoms with Gasteiger partial charge in [-0.1, -0.05) is 78.9 Å². The fourth-order valence-corrected chi connectivity index (χ4v) is 5.11. The highest BCUT2D eigenvalue weighted by molar-refractivity contribution is 6.03. The number of amides is 1. The molecule has 0 bridgehead atoms.